The minimum Gasteiger partial charge on any atom is -0.493 e. The van der Waals surface area contributed by atoms with Crippen molar-refractivity contribution in [2.75, 3.05) is 32.0 Å². The van der Waals surface area contributed by atoms with Crippen molar-refractivity contribution in [1.29, 1.82) is 0 Å². The van der Waals surface area contributed by atoms with Crippen LogP contribution in [0.15, 0.2) is 72.1 Å². The number of urea groups is 1. The zero-order valence-corrected chi connectivity index (χ0v) is 19.2. The number of aromatic nitrogens is 1. The third-order valence-corrected chi connectivity index (χ3v) is 5.78. The van der Waals surface area contributed by atoms with Crippen molar-refractivity contribution in [3.63, 3.8) is 0 Å². The molecule has 0 saturated heterocycles. The minimum atomic E-state index is -0.392. The van der Waals surface area contributed by atoms with E-state index in [0.29, 0.717) is 28.6 Å². The van der Waals surface area contributed by atoms with Gasteiger partial charge in [0.25, 0.3) is 0 Å². The molecular weight excluding hydrogens is 438 g/mol. The first-order chi connectivity index (χ1) is 16.1. The van der Waals surface area contributed by atoms with E-state index < -0.39 is 6.03 Å². The number of hydrogen-bond acceptors (Lipinski definition) is 6. The number of methoxy groups -OCH3 is 3. The number of amides is 2. The molecule has 0 unspecified atom stereocenters. The summed E-state index contributed by atoms with van der Waals surface area (Å²) < 4.78 is 16.0. The molecule has 4 rings (SSSR count). The van der Waals surface area contributed by atoms with Crippen LogP contribution in [0.5, 0.6) is 17.2 Å². The number of rotatable bonds is 7. The van der Waals surface area contributed by atoms with E-state index in [0.717, 1.165) is 21.8 Å². The highest BCUT2D eigenvalue weighted by molar-refractivity contribution is 7.13. The van der Waals surface area contributed by atoms with E-state index in [1.54, 1.807) is 23.5 Å². The number of carbonyl (C=O) groups is 1. The molecule has 168 valence electrons. The van der Waals surface area contributed by atoms with E-state index in [4.69, 9.17) is 19.2 Å². The Morgan fingerprint density at radius 2 is 1.42 bits per heavy atom. The van der Waals surface area contributed by atoms with E-state index in [1.807, 2.05) is 60.0 Å². The fraction of sp³-hybridized carbons (Fsp3) is 0.120. The van der Waals surface area contributed by atoms with Crippen LogP contribution in [0.1, 0.15) is 0 Å². The molecule has 0 radical (unpaired) electrons. The summed E-state index contributed by atoms with van der Waals surface area (Å²) in [6.45, 7) is 0. The van der Waals surface area contributed by atoms with Gasteiger partial charge in [-0.25, -0.2) is 9.78 Å². The molecule has 0 atom stereocenters. The zero-order chi connectivity index (χ0) is 23.2. The Morgan fingerprint density at radius 1 is 0.788 bits per heavy atom. The van der Waals surface area contributed by atoms with Crippen molar-refractivity contribution in [2.24, 2.45) is 0 Å². The summed E-state index contributed by atoms with van der Waals surface area (Å²) in [6.07, 6.45) is 0. The molecule has 0 aliphatic heterocycles. The van der Waals surface area contributed by atoms with Gasteiger partial charge in [0.2, 0.25) is 5.75 Å². The van der Waals surface area contributed by atoms with Gasteiger partial charge in [-0.2, -0.15) is 0 Å². The molecule has 0 aliphatic rings. The molecule has 8 heteroatoms. The van der Waals surface area contributed by atoms with Crippen LogP contribution >= 0.6 is 11.3 Å². The number of hydrogen-bond donors (Lipinski definition) is 2. The van der Waals surface area contributed by atoms with Gasteiger partial charge in [0.05, 0.1) is 32.7 Å². The topological polar surface area (TPSA) is 81.7 Å². The largest absolute Gasteiger partial charge is 0.493 e. The molecule has 3 aromatic carbocycles. The molecule has 7 nitrogen and oxygen atoms in total. The number of benzene rings is 3. The zero-order valence-electron chi connectivity index (χ0n) is 18.4. The van der Waals surface area contributed by atoms with Crippen molar-refractivity contribution in [3.8, 4) is 39.1 Å². The van der Waals surface area contributed by atoms with E-state index in [-0.39, 0.29) is 0 Å². The van der Waals surface area contributed by atoms with Gasteiger partial charge in [0.15, 0.2) is 11.5 Å². The predicted octanol–water partition coefficient (Wildman–Crippen LogP) is 6.15. The first-order valence-electron chi connectivity index (χ1n) is 10.1. The lowest BCUT2D eigenvalue weighted by atomic mass is 10.1. The van der Waals surface area contributed by atoms with Gasteiger partial charge >= 0.3 is 6.03 Å². The molecule has 2 N–H and O–H groups in total. The van der Waals surface area contributed by atoms with Gasteiger partial charge in [-0.15, -0.1) is 11.3 Å². The number of nitrogens with zero attached hydrogens (tertiary/aromatic N) is 1. The maximum atomic E-state index is 12.5. The van der Waals surface area contributed by atoms with Gasteiger partial charge in [0, 0.05) is 34.3 Å². The number of thiazole rings is 1. The van der Waals surface area contributed by atoms with Gasteiger partial charge in [0.1, 0.15) is 5.01 Å². The fourth-order valence-electron chi connectivity index (χ4n) is 3.29. The first-order valence-corrected chi connectivity index (χ1v) is 11.0. The van der Waals surface area contributed by atoms with Crippen LogP contribution in [-0.4, -0.2) is 32.3 Å². The van der Waals surface area contributed by atoms with Crippen LogP contribution in [-0.2, 0) is 0 Å². The molecular formula is C25H23N3O4S. The second-order valence-electron chi connectivity index (χ2n) is 6.97. The van der Waals surface area contributed by atoms with E-state index in [9.17, 15) is 4.79 Å². The molecule has 0 fully saturated rings. The molecule has 0 saturated carbocycles. The van der Waals surface area contributed by atoms with Crippen LogP contribution < -0.4 is 24.8 Å². The van der Waals surface area contributed by atoms with Crippen molar-refractivity contribution in [1.82, 2.24) is 4.98 Å². The van der Waals surface area contributed by atoms with Crippen molar-refractivity contribution >= 4 is 28.7 Å². The molecule has 33 heavy (non-hydrogen) atoms. The molecule has 2 amide bonds. The van der Waals surface area contributed by atoms with Crippen LogP contribution in [0, 0.1) is 0 Å². The predicted molar refractivity (Wildman–Crippen MR) is 132 cm³/mol. The summed E-state index contributed by atoms with van der Waals surface area (Å²) in [5.74, 6) is 1.36. The first kappa shape index (κ1) is 22.2. The lowest BCUT2D eigenvalue weighted by Gasteiger charge is -2.15. The average molecular weight is 462 g/mol. The summed E-state index contributed by atoms with van der Waals surface area (Å²) in [5, 5.41) is 8.61. The van der Waals surface area contributed by atoms with E-state index in [2.05, 4.69) is 10.6 Å². The molecule has 1 heterocycles. The maximum Gasteiger partial charge on any atom is 0.323 e. The number of ether oxygens (including phenoxy) is 3. The summed E-state index contributed by atoms with van der Waals surface area (Å²) in [6, 6.07) is 20.5. The SMILES string of the molecule is COc1cc(NC(=O)Nc2ccc(-c3csc(-c4ccccc4)n3)cc2)cc(OC)c1OC. The molecule has 0 aliphatic carbocycles. The van der Waals surface area contributed by atoms with Crippen LogP contribution in [0.2, 0.25) is 0 Å². The molecule has 0 bridgehead atoms. The van der Waals surface area contributed by atoms with Crippen molar-refractivity contribution < 1.29 is 19.0 Å². The second-order valence-corrected chi connectivity index (χ2v) is 7.83. The highest BCUT2D eigenvalue weighted by Gasteiger charge is 2.14. The fourth-order valence-corrected chi connectivity index (χ4v) is 4.13. The second kappa shape index (κ2) is 10.1. The Balaban J connectivity index is 1.43. The monoisotopic (exact) mass is 461 g/mol. The highest BCUT2D eigenvalue weighted by atomic mass is 32.1. The lowest BCUT2D eigenvalue weighted by molar-refractivity contribution is 0.262. The third-order valence-electron chi connectivity index (χ3n) is 4.89. The maximum absolute atomic E-state index is 12.5. The highest BCUT2D eigenvalue weighted by Crippen LogP contribution is 2.40. The van der Waals surface area contributed by atoms with E-state index >= 15 is 0 Å². The van der Waals surface area contributed by atoms with Gasteiger partial charge in [-0.1, -0.05) is 42.5 Å². The van der Waals surface area contributed by atoms with Gasteiger partial charge in [-0.3, -0.25) is 0 Å². The standard InChI is InChI=1S/C25H23N3O4S/c1-30-21-13-19(14-22(31-2)23(21)32-3)27-25(29)26-18-11-9-16(10-12-18)20-15-33-24(28-20)17-7-5-4-6-8-17/h4-15H,1-3H3,(H2,26,27,29). The minimum absolute atomic E-state index is 0.392. The van der Waals surface area contributed by atoms with Gasteiger partial charge < -0.3 is 24.8 Å². The van der Waals surface area contributed by atoms with Crippen molar-refractivity contribution in [2.45, 2.75) is 0 Å². The average Bonchev–Trinajstić information content (AvgIpc) is 3.34. The Hall–Kier alpha value is -4.04. The Labute approximate surface area is 196 Å². The smallest absolute Gasteiger partial charge is 0.323 e. The quantitative estimate of drug-likeness (QED) is 0.345. The lowest BCUT2D eigenvalue weighted by Crippen LogP contribution is -2.19. The third kappa shape index (κ3) is 5.07. The normalized spacial score (nSPS) is 10.4. The number of anilines is 2. The molecule has 1 aromatic heterocycles. The number of carbonyl (C=O) groups excluding carboxylic acids is 1. The number of nitrogens with one attached hydrogen (secondary N) is 2. The van der Waals surface area contributed by atoms with E-state index in [1.165, 1.54) is 21.3 Å². The van der Waals surface area contributed by atoms with Gasteiger partial charge in [-0.05, 0) is 12.1 Å². The van der Waals surface area contributed by atoms with Crippen LogP contribution in [0.4, 0.5) is 16.2 Å². The van der Waals surface area contributed by atoms with Crippen molar-refractivity contribution in [3.05, 3.63) is 72.1 Å². The Bertz CT molecular complexity index is 1220. The Morgan fingerprint density at radius 3 is 2.03 bits per heavy atom. The summed E-state index contributed by atoms with van der Waals surface area (Å²) in [5.41, 5.74) is 4.13. The Kier molecular flexibility index (Phi) is 6.75. The summed E-state index contributed by atoms with van der Waals surface area (Å²) in [7, 11) is 4.57. The molecule has 4 aromatic rings. The van der Waals surface area contributed by atoms with Crippen LogP contribution in [0.3, 0.4) is 0 Å². The summed E-state index contributed by atoms with van der Waals surface area (Å²) in [4.78, 5) is 17.2. The van der Waals surface area contributed by atoms with Crippen LogP contribution in [0.25, 0.3) is 21.8 Å². The molecule has 0 spiro atoms. The summed E-state index contributed by atoms with van der Waals surface area (Å²) >= 11 is 1.60.